The summed E-state index contributed by atoms with van der Waals surface area (Å²) in [6.45, 7) is 8.00. The number of hydrogen-bond acceptors (Lipinski definition) is 4. The highest BCUT2D eigenvalue weighted by molar-refractivity contribution is 5.77. The van der Waals surface area contributed by atoms with Crippen molar-refractivity contribution >= 4 is 11.9 Å². The summed E-state index contributed by atoms with van der Waals surface area (Å²) in [5.41, 5.74) is 1.91. The van der Waals surface area contributed by atoms with Gasteiger partial charge < -0.3 is 14.4 Å². The van der Waals surface area contributed by atoms with Crippen molar-refractivity contribution in [3.05, 3.63) is 29.3 Å². The standard InChI is InChI=1S/C23H33NO4/c1-16(25)15-27-19-11-10-17-12-13-24(22(26)28-23(2,3)4)21(20(17)14-19)18-8-6-5-7-9-18/h10-11,14,18,21H,5-9,12-13,15H2,1-4H3. The van der Waals surface area contributed by atoms with Crippen LogP contribution in [0.1, 0.15) is 77.0 Å². The van der Waals surface area contributed by atoms with Crippen molar-refractivity contribution in [2.45, 2.75) is 77.9 Å². The summed E-state index contributed by atoms with van der Waals surface area (Å²) in [6, 6.07) is 6.07. The Hall–Kier alpha value is -2.04. The summed E-state index contributed by atoms with van der Waals surface area (Å²) < 4.78 is 11.4. The number of fused-ring (bicyclic) bond motifs is 1. The molecule has 1 aromatic carbocycles. The number of ketones is 1. The summed E-state index contributed by atoms with van der Waals surface area (Å²) in [5, 5.41) is 0. The predicted molar refractivity (Wildman–Crippen MR) is 109 cm³/mol. The molecule has 1 aromatic rings. The minimum absolute atomic E-state index is 0.00284. The molecule has 0 spiro atoms. The number of rotatable bonds is 4. The summed E-state index contributed by atoms with van der Waals surface area (Å²) in [7, 11) is 0. The minimum atomic E-state index is -0.513. The van der Waals surface area contributed by atoms with Gasteiger partial charge in [0.2, 0.25) is 0 Å². The van der Waals surface area contributed by atoms with Crippen molar-refractivity contribution in [2.75, 3.05) is 13.2 Å². The molecule has 154 valence electrons. The fourth-order valence-corrected chi connectivity index (χ4v) is 4.38. The van der Waals surface area contributed by atoms with Crippen LogP contribution in [0, 0.1) is 5.92 Å². The van der Waals surface area contributed by atoms with Gasteiger partial charge in [-0.3, -0.25) is 4.79 Å². The van der Waals surface area contributed by atoms with Crippen LogP contribution in [0.5, 0.6) is 5.75 Å². The quantitative estimate of drug-likeness (QED) is 0.724. The Bertz CT molecular complexity index is 716. The van der Waals surface area contributed by atoms with Crippen LogP contribution in [-0.4, -0.2) is 35.5 Å². The molecule has 0 radical (unpaired) electrons. The molecule has 0 bridgehead atoms. The maximum Gasteiger partial charge on any atom is 0.410 e. The molecule has 0 saturated heterocycles. The van der Waals surface area contributed by atoms with Gasteiger partial charge in [0.1, 0.15) is 18.0 Å². The van der Waals surface area contributed by atoms with Crippen LogP contribution in [0.2, 0.25) is 0 Å². The molecule has 5 heteroatoms. The number of benzene rings is 1. The fourth-order valence-electron chi connectivity index (χ4n) is 4.38. The highest BCUT2D eigenvalue weighted by atomic mass is 16.6. The van der Waals surface area contributed by atoms with Gasteiger partial charge in [-0.25, -0.2) is 4.79 Å². The van der Waals surface area contributed by atoms with Crippen LogP contribution >= 0.6 is 0 Å². The van der Waals surface area contributed by atoms with Gasteiger partial charge in [-0.1, -0.05) is 25.3 Å². The van der Waals surface area contributed by atoms with Crippen molar-refractivity contribution in [1.82, 2.24) is 4.90 Å². The first-order valence-corrected chi connectivity index (χ1v) is 10.5. The molecular weight excluding hydrogens is 354 g/mol. The van der Waals surface area contributed by atoms with E-state index in [2.05, 4.69) is 6.07 Å². The Balaban J connectivity index is 1.92. The molecule has 1 aliphatic heterocycles. The molecule has 1 saturated carbocycles. The number of amides is 1. The maximum atomic E-state index is 13.0. The van der Waals surface area contributed by atoms with Crippen LogP contribution < -0.4 is 4.74 Å². The molecule has 1 unspecified atom stereocenters. The van der Waals surface area contributed by atoms with Crippen molar-refractivity contribution in [1.29, 1.82) is 0 Å². The van der Waals surface area contributed by atoms with Gasteiger partial charge in [0.05, 0.1) is 6.04 Å². The van der Waals surface area contributed by atoms with Crippen LogP contribution in [0.3, 0.4) is 0 Å². The van der Waals surface area contributed by atoms with Crippen molar-refractivity contribution in [3.8, 4) is 5.75 Å². The molecule has 1 fully saturated rings. The second-order valence-corrected chi connectivity index (χ2v) is 9.12. The van der Waals surface area contributed by atoms with E-state index in [4.69, 9.17) is 9.47 Å². The van der Waals surface area contributed by atoms with Crippen molar-refractivity contribution in [3.63, 3.8) is 0 Å². The normalized spacial score (nSPS) is 20.4. The van der Waals surface area contributed by atoms with Crippen LogP contribution in [-0.2, 0) is 16.0 Å². The van der Waals surface area contributed by atoms with Gasteiger partial charge >= 0.3 is 6.09 Å². The molecule has 0 N–H and O–H groups in total. The number of nitrogens with zero attached hydrogens (tertiary/aromatic N) is 1. The molecule has 3 rings (SSSR count). The molecule has 28 heavy (non-hydrogen) atoms. The van der Waals surface area contributed by atoms with E-state index in [-0.39, 0.29) is 24.5 Å². The number of ether oxygens (including phenoxy) is 2. The molecule has 5 nitrogen and oxygen atoms in total. The Labute approximate surface area is 168 Å². The van der Waals surface area contributed by atoms with Gasteiger partial charge in [0.15, 0.2) is 5.78 Å². The van der Waals surface area contributed by atoms with Gasteiger partial charge in [0.25, 0.3) is 0 Å². The molecule has 2 aliphatic rings. The Morgan fingerprint density at radius 2 is 1.86 bits per heavy atom. The average Bonchev–Trinajstić information content (AvgIpc) is 2.64. The lowest BCUT2D eigenvalue weighted by molar-refractivity contribution is -0.118. The van der Waals surface area contributed by atoms with E-state index in [1.165, 1.54) is 31.7 Å². The van der Waals surface area contributed by atoms with Gasteiger partial charge in [-0.05, 0) is 76.1 Å². The fraction of sp³-hybridized carbons (Fsp3) is 0.652. The van der Waals surface area contributed by atoms with Crippen molar-refractivity contribution in [2.24, 2.45) is 5.92 Å². The summed E-state index contributed by atoms with van der Waals surface area (Å²) in [6.07, 6.45) is 6.51. The third kappa shape index (κ3) is 5.06. The van der Waals surface area contributed by atoms with E-state index < -0.39 is 5.60 Å². The van der Waals surface area contributed by atoms with E-state index >= 15 is 0 Å². The monoisotopic (exact) mass is 387 g/mol. The molecule has 1 atom stereocenters. The molecule has 1 amide bonds. The van der Waals surface area contributed by atoms with Gasteiger partial charge in [0, 0.05) is 6.54 Å². The van der Waals surface area contributed by atoms with E-state index in [0.717, 1.165) is 24.8 Å². The average molecular weight is 388 g/mol. The lowest BCUT2D eigenvalue weighted by Crippen LogP contribution is -2.45. The highest BCUT2D eigenvalue weighted by Crippen LogP contribution is 2.43. The van der Waals surface area contributed by atoms with Crippen molar-refractivity contribution < 1.29 is 19.1 Å². The number of hydrogen-bond donors (Lipinski definition) is 0. The molecular formula is C23H33NO4. The maximum absolute atomic E-state index is 13.0. The predicted octanol–water partition coefficient (Wildman–Crippen LogP) is 5.07. The Morgan fingerprint density at radius 3 is 2.50 bits per heavy atom. The number of carbonyl (C=O) groups is 2. The first-order valence-electron chi connectivity index (χ1n) is 10.5. The van der Waals surface area contributed by atoms with E-state index in [1.54, 1.807) is 0 Å². The molecule has 1 heterocycles. The SMILES string of the molecule is CC(=O)COc1ccc2c(c1)C(C1CCCCC1)N(C(=O)OC(C)(C)C)CC2. The largest absolute Gasteiger partial charge is 0.486 e. The third-order valence-corrected chi connectivity index (χ3v) is 5.56. The summed E-state index contributed by atoms with van der Waals surface area (Å²) in [5.74, 6) is 1.13. The number of Topliss-reactive ketones (excluding diaryl/α,β-unsaturated/α-hetero) is 1. The third-order valence-electron chi connectivity index (χ3n) is 5.56. The van der Waals surface area contributed by atoms with Crippen LogP contribution in [0.15, 0.2) is 18.2 Å². The first-order chi connectivity index (χ1) is 13.2. The molecule has 0 aromatic heterocycles. The zero-order chi connectivity index (χ0) is 20.3. The Morgan fingerprint density at radius 1 is 1.14 bits per heavy atom. The van der Waals surface area contributed by atoms with Crippen LogP contribution in [0.4, 0.5) is 4.79 Å². The lowest BCUT2D eigenvalue weighted by Gasteiger charge is -2.43. The number of carbonyl (C=O) groups excluding carboxylic acids is 2. The van der Waals surface area contributed by atoms with Crippen LogP contribution in [0.25, 0.3) is 0 Å². The van der Waals surface area contributed by atoms with E-state index in [9.17, 15) is 9.59 Å². The topological polar surface area (TPSA) is 55.8 Å². The lowest BCUT2D eigenvalue weighted by atomic mass is 9.77. The zero-order valence-corrected chi connectivity index (χ0v) is 17.6. The Kier molecular flexibility index (Phi) is 6.31. The second kappa shape index (κ2) is 8.54. The highest BCUT2D eigenvalue weighted by Gasteiger charge is 2.38. The zero-order valence-electron chi connectivity index (χ0n) is 17.6. The van der Waals surface area contributed by atoms with E-state index in [0.29, 0.717) is 18.2 Å². The summed E-state index contributed by atoms with van der Waals surface area (Å²) in [4.78, 5) is 26.2. The van der Waals surface area contributed by atoms with Gasteiger partial charge in [-0.15, -0.1) is 0 Å². The van der Waals surface area contributed by atoms with Gasteiger partial charge in [-0.2, -0.15) is 0 Å². The summed E-state index contributed by atoms with van der Waals surface area (Å²) >= 11 is 0. The smallest absolute Gasteiger partial charge is 0.410 e. The molecule has 1 aliphatic carbocycles. The van der Waals surface area contributed by atoms with E-state index in [1.807, 2.05) is 37.8 Å². The second-order valence-electron chi connectivity index (χ2n) is 9.12. The first kappa shape index (κ1) is 20.7. The minimum Gasteiger partial charge on any atom is -0.486 e.